The molecule has 1 aliphatic carbocycles. The molecule has 0 saturated carbocycles. The fourth-order valence-electron chi connectivity index (χ4n) is 6.34. The number of nitrogens with one attached hydrogen (secondary N) is 2. The largest absolute Gasteiger partial charge is 0.378 e. The van der Waals surface area contributed by atoms with Gasteiger partial charge in [-0.05, 0) is 67.6 Å². The molecule has 0 radical (unpaired) electrons. The van der Waals surface area contributed by atoms with Gasteiger partial charge in [0.25, 0.3) is 18.3 Å². The van der Waals surface area contributed by atoms with Gasteiger partial charge >= 0.3 is 0 Å². The summed E-state index contributed by atoms with van der Waals surface area (Å²) >= 11 is 7.74. The monoisotopic (exact) mass is 828 g/mol. The lowest BCUT2D eigenvalue weighted by atomic mass is 9.89. The molecule has 2 atom stereocenters. The van der Waals surface area contributed by atoms with E-state index in [9.17, 15) is 40.6 Å². The summed E-state index contributed by atoms with van der Waals surface area (Å²) in [5.41, 5.74) is -5.81. The average molecular weight is 829 g/mol. The third kappa shape index (κ3) is 8.64. The van der Waals surface area contributed by atoms with Crippen LogP contribution >= 0.6 is 23.4 Å². The zero-order valence-corrected chi connectivity index (χ0v) is 31.0. The third-order valence-corrected chi connectivity index (χ3v) is 10.1. The minimum absolute atomic E-state index is 0.0355. The standard InChI is InChI=1S/C37H30ClF9N6O2S/c1-34(2,55)6-9-37(38)51-33-26(56-37)15-23(19-4-5-24(41)20(13-19)16-48-3)29(50-33)25(12-18-10-21(39)14-22(40)11-18)49-27(54)17-53-31-28(30(52-53)32(42)43)35(44,45)7-8-36(31,46)47/h4-5,10-11,13-16,25,32,55H,7-8,12,17H2,1-3H3,(H,49,54)(H,50,51). The highest BCUT2D eigenvalue weighted by Gasteiger charge is 2.55. The predicted octanol–water partition coefficient (Wildman–Crippen LogP) is 8.61. The second-order valence-electron chi connectivity index (χ2n) is 13.6. The summed E-state index contributed by atoms with van der Waals surface area (Å²) in [6.07, 6.45) is -5.73. The van der Waals surface area contributed by atoms with E-state index >= 15 is 8.78 Å². The molecule has 19 heteroatoms. The van der Waals surface area contributed by atoms with Crippen molar-refractivity contribution >= 4 is 41.3 Å². The lowest BCUT2D eigenvalue weighted by Crippen LogP contribution is -2.37. The molecule has 2 aromatic heterocycles. The number of aromatic nitrogens is 3. The summed E-state index contributed by atoms with van der Waals surface area (Å²) in [5, 5.41) is 19.0. The number of thioether (sulfide) groups is 1. The van der Waals surface area contributed by atoms with E-state index in [2.05, 4.69) is 32.6 Å². The molecule has 2 aromatic carbocycles. The zero-order valence-electron chi connectivity index (χ0n) is 29.4. The Bertz CT molecular complexity index is 2280. The van der Waals surface area contributed by atoms with Crippen molar-refractivity contribution in [1.82, 2.24) is 20.1 Å². The van der Waals surface area contributed by atoms with Gasteiger partial charge in [-0.1, -0.05) is 35.3 Å². The Balaban J connectivity index is 1.49. The Kier molecular flexibility index (Phi) is 10.9. The van der Waals surface area contributed by atoms with Crippen LogP contribution in [-0.4, -0.2) is 49.0 Å². The van der Waals surface area contributed by atoms with Crippen molar-refractivity contribution in [2.75, 3.05) is 12.4 Å². The number of amides is 1. The molecule has 3 N–H and O–H groups in total. The van der Waals surface area contributed by atoms with Gasteiger partial charge in [-0.15, -0.1) is 0 Å². The Morgan fingerprint density at radius 2 is 1.77 bits per heavy atom. The highest BCUT2D eigenvalue weighted by atomic mass is 35.5. The minimum Gasteiger partial charge on any atom is -0.378 e. The van der Waals surface area contributed by atoms with Gasteiger partial charge in [0, 0.05) is 43.3 Å². The highest BCUT2D eigenvalue weighted by molar-refractivity contribution is 8.02. The number of hydrogen-bond acceptors (Lipinski definition) is 7. The van der Waals surface area contributed by atoms with Gasteiger partial charge in [0.1, 0.15) is 46.8 Å². The normalized spacial score (nSPS) is 18.9. The van der Waals surface area contributed by atoms with Gasteiger partial charge in [0.2, 0.25) is 10.2 Å². The van der Waals surface area contributed by atoms with Crippen LogP contribution in [0.1, 0.15) is 72.9 Å². The number of hydrogen-bond donors (Lipinski definition) is 3. The summed E-state index contributed by atoms with van der Waals surface area (Å²) in [4.78, 5) is 22.7. The molecule has 3 heterocycles. The average Bonchev–Trinajstić information content (AvgIpc) is 3.64. The first-order chi connectivity index (χ1) is 26.1. The van der Waals surface area contributed by atoms with Crippen LogP contribution in [0.5, 0.6) is 0 Å². The number of alkyl halides is 7. The second-order valence-corrected chi connectivity index (χ2v) is 15.6. The summed E-state index contributed by atoms with van der Waals surface area (Å²) in [6.45, 7) is 1.60. The Morgan fingerprint density at radius 1 is 1.09 bits per heavy atom. The number of aliphatic imine (C=N–C) groups is 1. The maximum atomic E-state index is 15.2. The number of fused-ring (bicyclic) bond motifs is 2. The summed E-state index contributed by atoms with van der Waals surface area (Å²) in [6, 6.07) is 6.52. The van der Waals surface area contributed by atoms with Crippen LogP contribution in [0.25, 0.3) is 11.1 Å². The Hall–Kier alpha value is -4.73. The van der Waals surface area contributed by atoms with Gasteiger partial charge in [-0.2, -0.15) is 13.9 Å². The predicted molar refractivity (Wildman–Crippen MR) is 190 cm³/mol. The number of carbonyl (C=O) groups excluding carboxylic acids is 1. The van der Waals surface area contributed by atoms with Crippen LogP contribution in [0.4, 0.5) is 45.3 Å². The van der Waals surface area contributed by atoms with E-state index in [-0.39, 0.29) is 38.4 Å². The van der Waals surface area contributed by atoms with E-state index in [1.807, 2.05) is 0 Å². The number of benzene rings is 2. The first kappa shape index (κ1) is 40.9. The molecule has 0 saturated heterocycles. The molecule has 1 aliphatic heterocycles. The minimum atomic E-state index is -4.10. The second kappa shape index (κ2) is 15.0. The van der Waals surface area contributed by atoms with E-state index in [4.69, 9.17) is 16.6 Å². The van der Waals surface area contributed by atoms with Crippen molar-refractivity contribution in [2.45, 2.75) is 78.8 Å². The number of pyridine rings is 1. The zero-order chi connectivity index (χ0) is 41.0. The number of aliphatic hydroxyl groups is 1. The van der Waals surface area contributed by atoms with Gasteiger partial charge in [-0.25, -0.2) is 35.7 Å². The molecular formula is C37H30ClF9N6O2S. The molecule has 0 bridgehead atoms. The molecule has 2 unspecified atom stereocenters. The van der Waals surface area contributed by atoms with Crippen molar-refractivity contribution < 1.29 is 49.4 Å². The van der Waals surface area contributed by atoms with Gasteiger partial charge in [0.05, 0.1) is 22.2 Å². The van der Waals surface area contributed by atoms with E-state index in [1.165, 1.54) is 39.2 Å². The van der Waals surface area contributed by atoms with Crippen molar-refractivity contribution in [1.29, 1.82) is 0 Å². The van der Waals surface area contributed by atoms with Crippen molar-refractivity contribution in [3.63, 3.8) is 0 Å². The van der Waals surface area contributed by atoms with E-state index in [0.717, 1.165) is 30.0 Å². The fourth-order valence-corrected chi connectivity index (χ4v) is 7.64. The van der Waals surface area contributed by atoms with Crippen LogP contribution in [-0.2, 0) is 29.6 Å². The van der Waals surface area contributed by atoms with Crippen LogP contribution in [0, 0.1) is 29.3 Å². The van der Waals surface area contributed by atoms with E-state index in [0.29, 0.717) is 11.0 Å². The fraction of sp³-hybridized carbons (Fsp3) is 0.351. The molecule has 6 rings (SSSR count). The van der Waals surface area contributed by atoms with E-state index in [1.54, 1.807) is 6.07 Å². The Morgan fingerprint density at radius 3 is 2.41 bits per heavy atom. The van der Waals surface area contributed by atoms with Crippen molar-refractivity contribution in [2.24, 2.45) is 4.99 Å². The maximum Gasteiger partial charge on any atom is 0.290 e. The van der Waals surface area contributed by atoms with Crippen molar-refractivity contribution in [3.8, 4) is 23.0 Å². The molecular weight excluding hydrogens is 799 g/mol. The van der Waals surface area contributed by atoms with E-state index < -0.39 is 100 Å². The quantitative estimate of drug-likeness (QED) is 0.0514. The number of nitrogens with zero attached hydrogens (tertiary/aromatic N) is 4. The molecule has 4 aromatic rings. The molecule has 2 aliphatic rings. The SMILES string of the molecule is CN=Cc1cc(-c2cc3c(nc2C(Cc2cc(F)cc(F)c2)NC(=O)Cn2nc(C(F)F)c4c2C(F)(F)CCC4(F)F)NC(Cl)(C#CC(C)(C)O)S3)ccc1F. The van der Waals surface area contributed by atoms with Crippen molar-refractivity contribution in [3.05, 3.63) is 93.7 Å². The van der Waals surface area contributed by atoms with Crippen LogP contribution < -0.4 is 10.6 Å². The molecule has 296 valence electrons. The van der Waals surface area contributed by atoms with Crippen LogP contribution in [0.2, 0.25) is 0 Å². The maximum absolute atomic E-state index is 15.2. The van der Waals surface area contributed by atoms with Gasteiger partial charge in [-0.3, -0.25) is 14.5 Å². The van der Waals surface area contributed by atoms with Gasteiger partial charge < -0.3 is 15.7 Å². The molecule has 1 amide bonds. The topological polar surface area (TPSA) is 104 Å². The number of halogens is 10. The number of rotatable bonds is 9. The van der Waals surface area contributed by atoms with Crippen LogP contribution in [0.15, 0.2) is 52.4 Å². The first-order valence-corrected chi connectivity index (χ1v) is 17.9. The molecule has 0 spiro atoms. The Labute approximate surface area is 322 Å². The smallest absolute Gasteiger partial charge is 0.290 e. The molecule has 0 fully saturated rings. The summed E-state index contributed by atoms with van der Waals surface area (Å²) in [7, 11) is 1.41. The highest BCUT2D eigenvalue weighted by Crippen LogP contribution is 2.53. The molecule has 8 nitrogen and oxygen atoms in total. The summed E-state index contributed by atoms with van der Waals surface area (Å²) in [5.74, 6) is -6.58. The third-order valence-electron chi connectivity index (χ3n) is 8.62. The lowest BCUT2D eigenvalue weighted by Gasteiger charge is -2.29. The summed E-state index contributed by atoms with van der Waals surface area (Å²) < 4.78 is 130. The first-order valence-electron chi connectivity index (χ1n) is 16.7. The number of anilines is 1. The van der Waals surface area contributed by atoms with Gasteiger partial charge in [0.15, 0.2) is 0 Å². The molecule has 56 heavy (non-hydrogen) atoms. The lowest BCUT2D eigenvalue weighted by molar-refractivity contribution is -0.123. The number of carbonyl (C=O) groups is 1. The van der Waals surface area contributed by atoms with Crippen LogP contribution in [0.3, 0.4) is 0 Å².